The molecule has 3 heterocycles. The van der Waals surface area contributed by atoms with Crippen molar-refractivity contribution in [3.63, 3.8) is 0 Å². The van der Waals surface area contributed by atoms with Crippen molar-refractivity contribution >= 4 is 17.2 Å². The molecule has 1 aliphatic rings. The Labute approximate surface area is 149 Å². The van der Waals surface area contributed by atoms with Crippen LogP contribution >= 0.6 is 0 Å². The highest BCUT2D eigenvalue weighted by molar-refractivity contribution is 6.00. The monoisotopic (exact) mass is 344 g/mol. The van der Waals surface area contributed by atoms with E-state index in [1.807, 2.05) is 48.5 Å². The Kier molecular flexibility index (Phi) is 3.18. The fraction of sp³-hybridized carbons (Fsp3) is 0.150. The third kappa shape index (κ3) is 2.23. The first-order valence-electron chi connectivity index (χ1n) is 8.51. The molecule has 1 aliphatic carbocycles. The summed E-state index contributed by atoms with van der Waals surface area (Å²) in [5, 5.41) is 4.64. The van der Waals surface area contributed by atoms with Crippen LogP contribution in [0.4, 0.5) is 5.95 Å². The Morgan fingerprint density at radius 2 is 1.96 bits per heavy atom. The van der Waals surface area contributed by atoms with Crippen LogP contribution in [0.3, 0.4) is 0 Å². The number of Topliss-reactive ketones (excluding diaryl/α,β-unsaturated/α-hetero) is 1. The number of anilines is 1. The number of ketones is 1. The third-order valence-electron chi connectivity index (χ3n) is 4.89. The van der Waals surface area contributed by atoms with Crippen LogP contribution in [0.5, 0.6) is 0 Å². The second kappa shape index (κ2) is 5.56. The minimum absolute atomic E-state index is 0.00768. The van der Waals surface area contributed by atoms with Gasteiger partial charge in [0.15, 0.2) is 5.78 Å². The highest BCUT2D eigenvalue weighted by Gasteiger charge is 2.30. The number of carbonyl (C=O) groups excluding carboxylic acids is 1. The van der Waals surface area contributed by atoms with Gasteiger partial charge in [-0.1, -0.05) is 30.3 Å². The number of aromatic nitrogens is 3. The van der Waals surface area contributed by atoms with Crippen molar-refractivity contribution in [1.29, 1.82) is 0 Å². The van der Waals surface area contributed by atoms with E-state index in [0.717, 1.165) is 28.2 Å². The minimum atomic E-state index is 0.00768. The van der Waals surface area contributed by atoms with Gasteiger partial charge in [-0.25, -0.2) is 4.98 Å². The smallest absolute Gasteiger partial charge is 0.222 e. The van der Waals surface area contributed by atoms with Crippen molar-refractivity contribution in [1.82, 2.24) is 14.6 Å². The SMILES string of the molecule is Nc1nc(-c2ccccc2)c2cc3c(nn12)C[C@H](c1ccco1)CC3=O. The average molecular weight is 344 g/mol. The third-order valence-corrected chi connectivity index (χ3v) is 4.89. The van der Waals surface area contributed by atoms with Crippen LogP contribution in [0, 0.1) is 0 Å². The van der Waals surface area contributed by atoms with E-state index in [-0.39, 0.29) is 11.7 Å². The van der Waals surface area contributed by atoms with Crippen molar-refractivity contribution in [2.24, 2.45) is 0 Å². The summed E-state index contributed by atoms with van der Waals surface area (Å²) in [6.07, 6.45) is 2.69. The Bertz CT molecular complexity index is 1110. The number of nitrogens with two attached hydrogens (primary N) is 1. The molecule has 4 aromatic rings. The van der Waals surface area contributed by atoms with Crippen LogP contribution in [-0.4, -0.2) is 20.4 Å². The van der Waals surface area contributed by atoms with Gasteiger partial charge in [0.05, 0.1) is 17.5 Å². The van der Waals surface area contributed by atoms with Gasteiger partial charge in [0.25, 0.3) is 0 Å². The lowest BCUT2D eigenvalue weighted by Gasteiger charge is -2.21. The number of nitrogens with zero attached hydrogens (tertiary/aromatic N) is 3. The van der Waals surface area contributed by atoms with Crippen LogP contribution in [0.2, 0.25) is 0 Å². The standard InChI is InChI=1S/C20H16N4O2/c21-20-22-19(12-5-2-1-3-6-12)16-11-14-15(23-24(16)20)9-13(10-17(14)25)18-7-4-8-26-18/h1-8,11,13H,9-10H2,(H2,21,22)/t13-/m0/s1. The average Bonchev–Trinajstić information content (AvgIpc) is 3.30. The van der Waals surface area contributed by atoms with E-state index in [1.54, 1.807) is 10.8 Å². The molecule has 0 saturated heterocycles. The molecule has 0 amide bonds. The molecule has 6 nitrogen and oxygen atoms in total. The summed E-state index contributed by atoms with van der Waals surface area (Å²) < 4.78 is 7.11. The Morgan fingerprint density at radius 3 is 2.73 bits per heavy atom. The number of imidazole rings is 1. The van der Waals surface area contributed by atoms with Gasteiger partial charge >= 0.3 is 0 Å². The Hall–Kier alpha value is -3.41. The van der Waals surface area contributed by atoms with Gasteiger partial charge in [0.1, 0.15) is 11.5 Å². The van der Waals surface area contributed by atoms with Crippen molar-refractivity contribution in [2.45, 2.75) is 18.8 Å². The lowest BCUT2D eigenvalue weighted by atomic mass is 9.84. The van der Waals surface area contributed by atoms with E-state index in [1.165, 1.54) is 0 Å². The second-order valence-electron chi connectivity index (χ2n) is 6.53. The molecule has 1 aromatic carbocycles. The zero-order chi connectivity index (χ0) is 17.7. The van der Waals surface area contributed by atoms with E-state index in [4.69, 9.17) is 10.2 Å². The van der Waals surface area contributed by atoms with Crippen molar-refractivity contribution in [3.8, 4) is 11.3 Å². The molecule has 3 aromatic heterocycles. The van der Waals surface area contributed by atoms with Gasteiger partial charge in [0, 0.05) is 29.9 Å². The molecule has 0 bridgehead atoms. The fourth-order valence-corrected chi connectivity index (χ4v) is 3.64. The van der Waals surface area contributed by atoms with E-state index in [2.05, 4.69) is 10.1 Å². The van der Waals surface area contributed by atoms with E-state index in [0.29, 0.717) is 24.4 Å². The number of hydrogen-bond acceptors (Lipinski definition) is 5. The van der Waals surface area contributed by atoms with Crippen LogP contribution in [0.25, 0.3) is 16.8 Å². The molecule has 0 saturated carbocycles. The highest BCUT2D eigenvalue weighted by atomic mass is 16.3. The zero-order valence-corrected chi connectivity index (χ0v) is 13.9. The van der Waals surface area contributed by atoms with Crippen LogP contribution in [-0.2, 0) is 6.42 Å². The number of carbonyl (C=O) groups is 1. The molecule has 26 heavy (non-hydrogen) atoms. The van der Waals surface area contributed by atoms with E-state index >= 15 is 0 Å². The fourth-order valence-electron chi connectivity index (χ4n) is 3.64. The second-order valence-corrected chi connectivity index (χ2v) is 6.53. The summed E-state index contributed by atoms with van der Waals surface area (Å²) in [4.78, 5) is 17.2. The Balaban J connectivity index is 1.66. The van der Waals surface area contributed by atoms with Gasteiger partial charge < -0.3 is 10.2 Å². The normalized spacial score (nSPS) is 16.8. The van der Waals surface area contributed by atoms with Gasteiger partial charge in [-0.2, -0.15) is 9.61 Å². The first kappa shape index (κ1) is 14.9. The molecule has 0 aliphatic heterocycles. The number of fused-ring (bicyclic) bond motifs is 2. The van der Waals surface area contributed by atoms with E-state index in [9.17, 15) is 4.79 Å². The summed E-state index contributed by atoms with van der Waals surface area (Å²) in [7, 11) is 0. The summed E-state index contributed by atoms with van der Waals surface area (Å²) in [5.74, 6) is 1.21. The molecule has 0 unspecified atom stereocenters. The maximum Gasteiger partial charge on any atom is 0.222 e. The minimum Gasteiger partial charge on any atom is -0.469 e. The maximum atomic E-state index is 12.7. The first-order chi connectivity index (χ1) is 12.7. The lowest BCUT2D eigenvalue weighted by molar-refractivity contribution is 0.0958. The molecule has 6 heteroatoms. The van der Waals surface area contributed by atoms with Crippen LogP contribution in [0.15, 0.2) is 59.2 Å². The van der Waals surface area contributed by atoms with Gasteiger partial charge in [-0.05, 0) is 18.2 Å². The summed E-state index contributed by atoms with van der Waals surface area (Å²) >= 11 is 0. The van der Waals surface area contributed by atoms with Crippen molar-refractivity contribution in [3.05, 3.63) is 71.8 Å². The number of benzene rings is 1. The molecule has 0 fully saturated rings. The Morgan fingerprint density at radius 1 is 1.12 bits per heavy atom. The number of hydrogen-bond donors (Lipinski definition) is 1. The molecule has 1 atom stereocenters. The molecular formula is C20H16N4O2. The topological polar surface area (TPSA) is 86.4 Å². The highest BCUT2D eigenvalue weighted by Crippen LogP contribution is 2.34. The summed E-state index contributed by atoms with van der Waals surface area (Å²) in [5.41, 5.74) is 9.91. The number of nitrogen functional groups attached to an aromatic ring is 1. The molecule has 0 radical (unpaired) electrons. The predicted molar refractivity (Wildman–Crippen MR) is 96.9 cm³/mol. The predicted octanol–water partition coefficient (Wildman–Crippen LogP) is 3.48. The largest absolute Gasteiger partial charge is 0.469 e. The van der Waals surface area contributed by atoms with Gasteiger partial charge in [-0.3, -0.25) is 4.79 Å². The molecule has 2 N–H and O–H groups in total. The molecule has 0 spiro atoms. The first-order valence-corrected chi connectivity index (χ1v) is 8.51. The van der Waals surface area contributed by atoms with Gasteiger partial charge in [0.2, 0.25) is 5.95 Å². The van der Waals surface area contributed by atoms with Crippen molar-refractivity contribution in [2.75, 3.05) is 5.73 Å². The maximum absolute atomic E-state index is 12.7. The quantitative estimate of drug-likeness (QED) is 0.601. The lowest BCUT2D eigenvalue weighted by Crippen LogP contribution is -2.21. The summed E-state index contributed by atoms with van der Waals surface area (Å²) in [6, 6.07) is 15.4. The number of furan rings is 1. The van der Waals surface area contributed by atoms with E-state index < -0.39 is 0 Å². The summed E-state index contributed by atoms with van der Waals surface area (Å²) in [6.45, 7) is 0. The van der Waals surface area contributed by atoms with Crippen LogP contribution < -0.4 is 5.73 Å². The van der Waals surface area contributed by atoms with Crippen LogP contribution in [0.1, 0.15) is 34.2 Å². The van der Waals surface area contributed by atoms with Gasteiger partial charge in [-0.15, -0.1) is 0 Å². The molecular weight excluding hydrogens is 328 g/mol. The molecule has 5 rings (SSSR count). The zero-order valence-electron chi connectivity index (χ0n) is 13.9. The number of rotatable bonds is 2. The van der Waals surface area contributed by atoms with Crippen molar-refractivity contribution < 1.29 is 9.21 Å². The molecule has 128 valence electrons.